The number of carbonyl (C=O) groups excluding carboxylic acids is 2. The lowest BCUT2D eigenvalue weighted by atomic mass is 10.1. The highest BCUT2D eigenvalue weighted by Crippen LogP contribution is 2.24. The van der Waals surface area contributed by atoms with Crippen molar-refractivity contribution in [3.05, 3.63) is 59.7 Å². The summed E-state index contributed by atoms with van der Waals surface area (Å²) in [5.41, 5.74) is 2.65. The molecule has 0 amide bonds. The summed E-state index contributed by atoms with van der Waals surface area (Å²) in [7, 11) is 0. The predicted octanol–water partition coefficient (Wildman–Crippen LogP) is 3.84. The number of benzene rings is 2. The van der Waals surface area contributed by atoms with E-state index >= 15 is 0 Å². The number of rotatable bonds is 4. The Hall–Kier alpha value is -2.42. The highest BCUT2D eigenvalue weighted by molar-refractivity contribution is 6.03. The predicted molar refractivity (Wildman–Crippen MR) is 76.2 cm³/mol. The van der Waals surface area contributed by atoms with Gasteiger partial charge in [0.1, 0.15) is 0 Å². The van der Waals surface area contributed by atoms with Gasteiger partial charge in [-0.05, 0) is 38.1 Å². The van der Waals surface area contributed by atoms with Crippen LogP contribution in [0.4, 0.5) is 11.4 Å². The summed E-state index contributed by atoms with van der Waals surface area (Å²) < 4.78 is 0. The Morgan fingerprint density at radius 2 is 1.11 bits per heavy atom. The van der Waals surface area contributed by atoms with Crippen LogP contribution in [0.15, 0.2) is 48.5 Å². The zero-order valence-corrected chi connectivity index (χ0v) is 10.9. The first-order valence-corrected chi connectivity index (χ1v) is 6.06. The Balaban J connectivity index is 2.42. The summed E-state index contributed by atoms with van der Waals surface area (Å²) in [6.07, 6.45) is 0. The number of ketones is 2. The molecule has 0 aliphatic carbocycles. The topological polar surface area (TPSA) is 46.2 Å². The molecule has 0 unspecified atom stereocenters. The Morgan fingerprint density at radius 3 is 1.47 bits per heavy atom. The molecular weight excluding hydrogens is 238 g/mol. The van der Waals surface area contributed by atoms with E-state index in [4.69, 9.17) is 0 Å². The van der Waals surface area contributed by atoms with E-state index in [0.717, 1.165) is 0 Å². The number of nitrogens with one attached hydrogen (secondary N) is 1. The molecule has 0 fully saturated rings. The van der Waals surface area contributed by atoms with Crippen molar-refractivity contribution >= 4 is 22.9 Å². The zero-order chi connectivity index (χ0) is 13.8. The maximum atomic E-state index is 11.6. The Bertz CT molecular complexity index is 577. The van der Waals surface area contributed by atoms with Crippen LogP contribution in [0.5, 0.6) is 0 Å². The molecule has 0 atom stereocenters. The third kappa shape index (κ3) is 2.88. The first kappa shape index (κ1) is 13.0. The van der Waals surface area contributed by atoms with Gasteiger partial charge in [-0.1, -0.05) is 24.3 Å². The van der Waals surface area contributed by atoms with Crippen molar-refractivity contribution < 1.29 is 9.59 Å². The summed E-state index contributed by atoms with van der Waals surface area (Å²) in [5, 5.41) is 3.16. The van der Waals surface area contributed by atoms with Gasteiger partial charge < -0.3 is 5.32 Å². The van der Waals surface area contributed by atoms with Crippen LogP contribution >= 0.6 is 0 Å². The quantitative estimate of drug-likeness (QED) is 0.842. The minimum Gasteiger partial charge on any atom is -0.354 e. The highest BCUT2D eigenvalue weighted by atomic mass is 16.1. The molecule has 1 N–H and O–H groups in total. The Morgan fingerprint density at radius 1 is 0.737 bits per heavy atom. The summed E-state index contributed by atoms with van der Waals surface area (Å²) in [4.78, 5) is 23.1. The molecule has 2 aromatic carbocycles. The number of carbonyl (C=O) groups is 2. The lowest BCUT2D eigenvalue weighted by Gasteiger charge is -2.12. The molecular formula is C16H15NO2. The van der Waals surface area contributed by atoms with Crippen molar-refractivity contribution in [2.75, 3.05) is 5.32 Å². The SMILES string of the molecule is CC(=O)c1ccccc1Nc1ccccc1C(C)=O. The van der Waals surface area contributed by atoms with Gasteiger partial charge >= 0.3 is 0 Å². The average Bonchev–Trinajstić information content (AvgIpc) is 2.39. The molecule has 0 radical (unpaired) electrons. The van der Waals surface area contributed by atoms with Crippen LogP contribution in [-0.4, -0.2) is 11.6 Å². The highest BCUT2D eigenvalue weighted by Gasteiger charge is 2.10. The fourth-order valence-electron chi connectivity index (χ4n) is 1.94. The van der Waals surface area contributed by atoms with E-state index in [9.17, 15) is 9.59 Å². The van der Waals surface area contributed by atoms with Gasteiger partial charge in [-0.25, -0.2) is 0 Å². The Kier molecular flexibility index (Phi) is 3.76. The lowest BCUT2D eigenvalue weighted by Crippen LogP contribution is -2.03. The zero-order valence-electron chi connectivity index (χ0n) is 10.9. The number of hydrogen-bond donors (Lipinski definition) is 1. The smallest absolute Gasteiger partial charge is 0.161 e. The molecule has 2 rings (SSSR count). The number of para-hydroxylation sites is 2. The van der Waals surface area contributed by atoms with Gasteiger partial charge in [0.15, 0.2) is 11.6 Å². The van der Waals surface area contributed by atoms with Crippen molar-refractivity contribution in [1.82, 2.24) is 0 Å². The van der Waals surface area contributed by atoms with E-state index in [-0.39, 0.29) is 11.6 Å². The average molecular weight is 253 g/mol. The Labute approximate surface area is 112 Å². The summed E-state index contributed by atoms with van der Waals surface area (Å²) in [6.45, 7) is 3.05. The summed E-state index contributed by atoms with van der Waals surface area (Å²) in [6, 6.07) is 14.5. The van der Waals surface area contributed by atoms with Crippen molar-refractivity contribution in [2.45, 2.75) is 13.8 Å². The van der Waals surface area contributed by atoms with Gasteiger partial charge in [-0.2, -0.15) is 0 Å². The first-order chi connectivity index (χ1) is 9.09. The van der Waals surface area contributed by atoms with Crippen LogP contribution in [0, 0.1) is 0 Å². The molecule has 0 spiro atoms. The monoisotopic (exact) mass is 253 g/mol. The van der Waals surface area contributed by atoms with Crippen LogP contribution in [0.1, 0.15) is 34.6 Å². The molecule has 0 saturated heterocycles. The van der Waals surface area contributed by atoms with Crippen LogP contribution in [0.2, 0.25) is 0 Å². The second-order valence-electron chi connectivity index (χ2n) is 4.33. The third-order valence-corrected chi connectivity index (χ3v) is 2.88. The van der Waals surface area contributed by atoms with Crippen LogP contribution in [-0.2, 0) is 0 Å². The van der Waals surface area contributed by atoms with Crippen molar-refractivity contribution in [3.63, 3.8) is 0 Å². The first-order valence-electron chi connectivity index (χ1n) is 6.06. The summed E-state index contributed by atoms with van der Waals surface area (Å²) in [5.74, 6) is -0.0215. The van der Waals surface area contributed by atoms with Gasteiger partial charge in [-0.15, -0.1) is 0 Å². The molecule has 3 heteroatoms. The van der Waals surface area contributed by atoms with E-state index in [0.29, 0.717) is 22.5 Å². The largest absolute Gasteiger partial charge is 0.354 e. The second kappa shape index (κ2) is 5.48. The molecule has 0 aliphatic heterocycles. The fraction of sp³-hybridized carbons (Fsp3) is 0.125. The normalized spacial score (nSPS) is 10.0. The molecule has 0 bridgehead atoms. The number of Topliss-reactive ketones (excluding diaryl/α,β-unsaturated/α-hetero) is 2. The molecule has 2 aromatic rings. The lowest BCUT2D eigenvalue weighted by molar-refractivity contribution is 0.101. The third-order valence-electron chi connectivity index (χ3n) is 2.88. The number of hydrogen-bond acceptors (Lipinski definition) is 3. The van der Waals surface area contributed by atoms with Crippen LogP contribution in [0.25, 0.3) is 0 Å². The van der Waals surface area contributed by atoms with Gasteiger partial charge in [0.25, 0.3) is 0 Å². The second-order valence-corrected chi connectivity index (χ2v) is 4.33. The molecule has 3 nitrogen and oxygen atoms in total. The minimum absolute atomic E-state index is 0.0107. The van der Waals surface area contributed by atoms with Gasteiger partial charge in [-0.3, -0.25) is 9.59 Å². The van der Waals surface area contributed by atoms with Crippen molar-refractivity contribution in [1.29, 1.82) is 0 Å². The molecule has 0 saturated carbocycles. The van der Waals surface area contributed by atoms with Crippen LogP contribution in [0.3, 0.4) is 0 Å². The van der Waals surface area contributed by atoms with E-state index in [1.807, 2.05) is 36.4 Å². The maximum absolute atomic E-state index is 11.6. The van der Waals surface area contributed by atoms with Gasteiger partial charge in [0.2, 0.25) is 0 Å². The maximum Gasteiger partial charge on any atom is 0.161 e. The van der Waals surface area contributed by atoms with Gasteiger partial charge in [0, 0.05) is 22.5 Å². The van der Waals surface area contributed by atoms with Crippen molar-refractivity contribution in [2.24, 2.45) is 0 Å². The van der Waals surface area contributed by atoms with E-state index in [1.165, 1.54) is 13.8 Å². The van der Waals surface area contributed by atoms with Crippen LogP contribution < -0.4 is 5.32 Å². The minimum atomic E-state index is -0.0107. The standard InChI is InChI=1S/C16H15NO2/c1-11(18)13-7-3-5-9-15(13)17-16-10-6-4-8-14(16)12(2)19/h3-10,17H,1-2H3. The molecule has 0 aliphatic rings. The molecule has 96 valence electrons. The van der Waals surface area contributed by atoms with E-state index in [2.05, 4.69) is 5.32 Å². The van der Waals surface area contributed by atoms with Crippen molar-refractivity contribution in [3.8, 4) is 0 Å². The molecule has 0 aromatic heterocycles. The number of anilines is 2. The van der Waals surface area contributed by atoms with E-state index in [1.54, 1.807) is 12.1 Å². The van der Waals surface area contributed by atoms with E-state index < -0.39 is 0 Å². The van der Waals surface area contributed by atoms with Gasteiger partial charge in [0.05, 0.1) is 0 Å². The summed E-state index contributed by atoms with van der Waals surface area (Å²) >= 11 is 0. The molecule has 19 heavy (non-hydrogen) atoms. The molecule has 0 heterocycles. The fourth-order valence-corrected chi connectivity index (χ4v) is 1.94.